The van der Waals surface area contributed by atoms with E-state index in [1.165, 1.54) is 0 Å². The third-order valence-electron chi connectivity index (χ3n) is 5.24. The zero-order valence-electron chi connectivity index (χ0n) is 16.5. The van der Waals surface area contributed by atoms with Crippen molar-refractivity contribution in [2.75, 3.05) is 13.2 Å². The molecular formula is C22H21N3O5. The van der Waals surface area contributed by atoms with E-state index in [-0.39, 0.29) is 43.6 Å². The highest BCUT2D eigenvalue weighted by Crippen LogP contribution is 2.22. The zero-order chi connectivity index (χ0) is 21.3. The Balaban J connectivity index is 1.34. The standard InChI is InChI=1S/C22H21N3O5/c1-2-23-17-9-5-6-10-18(17)24(22(23)29)12-11-19(26)30-14-13-25-20(27)15-7-3-4-8-16(15)21(25)28/h3-10H,2,11-14H2,1H3. The van der Waals surface area contributed by atoms with Crippen molar-refractivity contribution < 1.29 is 19.1 Å². The van der Waals surface area contributed by atoms with Crippen LogP contribution in [0.1, 0.15) is 34.1 Å². The molecule has 0 N–H and O–H groups in total. The molecule has 8 nitrogen and oxygen atoms in total. The lowest BCUT2D eigenvalue weighted by Gasteiger charge is -2.13. The average molecular weight is 407 g/mol. The van der Waals surface area contributed by atoms with Crippen LogP contribution in [0.3, 0.4) is 0 Å². The molecule has 0 unspecified atom stereocenters. The van der Waals surface area contributed by atoms with Crippen molar-refractivity contribution in [3.63, 3.8) is 0 Å². The summed E-state index contributed by atoms with van der Waals surface area (Å²) >= 11 is 0. The first-order valence-electron chi connectivity index (χ1n) is 9.81. The first kappa shape index (κ1) is 19.6. The molecule has 3 aromatic rings. The molecule has 2 amide bonds. The van der Waals surface area contributed by atoms with Crippen molar-refractivity contribution >= 4 is 28.8 Å². The third-order valence-corrected chi connectivity index (χ3v) is 5.24. The second-order valence-electron chi connectivity index (χ2n) is 6.95. The van der Waals surface area contributed by atoms with E-state index >= 15 is 0 Å². The normalized spacial score (nSPS) is 13.2. The quantitative estimate of drug-likeness (QED) is 0.442. The molecule has 0 atom stereocenters. The fourth-order valence-corrected chi connectivity index (χ4v) is 3.76. The van der Waals surface area contributed by atoms with Gasteiger partial charge in [-0.2, -0.15) is 0 Å². The van der Waals surface area contributed by atoms with Gasteiger partial charge in [-0.3, -0.25) is 28.4 Å². The molecule has 2 aromatic carbocycles. The molecule has 1 aromatic heterocycles. The first-order valence-corrected chi connectivity index (χ1v) is 9.81. The van der Waals surface area contributed by atoms with Crippen LogP contribution >= 0.6 is 0 Å². The van der Waals surface area contributed by atoms with Gasteiger partial charge in [0.2, 0.25) is 0 Å². The molecule has 0 fully saturated rings. The van der Waals surface area contributed by atoms with E-state index in [0.717, 1.165) is 15.9 Å². The SMILES string of the molecule is CCn1c(=O)n(CCC(=O)OCCN2C(=O)c3ccccc3C2=O)c2ccccc21. The molecule has 1 aliphatic rings. The number of esters is 1. The number of carbonyl (C=O) groups is 3. The van der Waals surface area contributed by atoms with E-state index in [0.29, 0.717) is 17.7 Å². The maximum Gasteiger partial charge on any atom is 0.329 e. The van der Waals surface area contributed by atoms with Crippen LogP contribution in [0, 0.1) is 0 Å². The van der Waals surface area contributed by atoms with Crippen molar-refractivity contribution in [3.8, 4) is 0 Å². The van der Waals surface area contributed by atoms with Crippen LogP contribution in [0.5, 0.6) is 0 Å². The van der Waals surface area contributed by atoms with Gasteiger partial charge in [0.1, 0.15) is 6.61 Å². The number of nitrogens with zero attached hydrogens (tertiary/aromatic N) is 3. The van der Waals surface area contributed by atoms with Crippen LogP contribution in [0.25, 0.3) is 11.0 Å². The minimum Gasteiger partial charge on any atom is -0.464 e. The highest BCUT2D eigenvalue weighted by Gasteiger charge is 2.34. The zero-order valence-corrected chi connectivity index (χ0v) is 16.5. The number of amides is 2. The fraction of sp³-hybridized carbons (Fsp3) is 0.273. The second-order valence-corrected chi connectivity index (χ2v) is 6.95. The number of ether oxygens (including phenoxy) is 1. The molecule has 0 aliphatic carbocycles. The summed E-state index contributed by atoms with van der Waals surface area (Å²) in [4.78, 5) is 50.5. The summed E-state index contributed by atoms with van der Waals surface area (Å²) < 4.78 is 8.41. The summed E-state index contributed by atoms with van der Waals surface area (Å²) in [6, 6.07) is 14.0. The average Bonchev–Trinajstić information content (AvgIpc) is 3.17. The highest BCUT2D eigenvalue weighted by atomic mass is 16.5. The number of aromatic nitrogens is 2. The Bertz CT molecular complexity index is 1170. The van der Waals surface area contributed by atoms with Gasteiger partial charge in [-0.25, -0.2) is 4.79 Å². The number of rotatable bonds is 7. The lowest BCUT2D eigenvalue weighted by Crippen LogP contribution is -2.33. The van der Waals surface area contributed by atoms with Crippen LogP contribution in [0.4, 0.5) is 0 Å². The lowest BCUT2D eigenvalue weighted by atomic mass is 10.1. The van der Waals surface area contributed by atoms with E-state index < -0.39 is 5.97 Å². The van der Waals surface area contributed by atoms with Crippen molar-refractivity contribution in [3.05, 3.63) is 70.1 Å². The van der Waals surface area contributed by atoms with E-state index in [2.05, 4.69) is 0 Å². The molecular weight excluding hydrogens is 386 g/mol. The molecule has 2 heterocycles. The summed E-state index contributed by atoms with van der Waals surface area (Å²) in [7, 11) is 0. The summed E-state index contributed by atoms with van der Waals surface area (Å²) in [5, 5.41) is 0. The molecule has 0 radical (unpaired) electrons. The Hall–Kier alpha value is -3.68. The number of imidazole rings is 1. The largest absolute Gasteiger partial charge is 0.464 e. The van der Waals surface area contributed by atoms with Gasteiger partial charge in [-0.1, -0.05) is 24.3 Å². The molecule has 30 heavy (non-hydrogen) atoms. The van der Waals surface area contributed by atoms with Crippen LogP contribution in [-0.4, -0.2) is 45.0 Å². The number of hydrogen-bond donors (Lipinski definition) is 0. The molecule has 0 saturated carbocycles. The number of benzene rings is 2. The smallest absolute Gasteiger partial charge is 0.329 e. The molecule has 0 bridgehead atoms. The van der Waals surface area contributed by atoms with Gasteiger partial charge >= 0.3 is 11.7 Å². The Morgan fingerprint density at radius 2 is 1.40 bits per heavy atom. The number of carbonyl (C=O) groups excluding carboxylic acids is 3. The Morgan fingerprint density at radius 3 is 2.00 bits per heavy atom. The molecule has 0 saturated heterocycles. The maximum atomic E-state index is 12.6. The number of aryl methyl sites for hydroxylation is 2. The highest BCUT2D eigenvalue weighted by molar-refractivity contribution is 6.21. The summed E-state index contributed by atoms with van der Waals surface area (Å²) in [5.74, 6) is -1.26. The van der Waals surface area contributed by atoms with E-state index in [1.54, 1.807) is 33.4 Å². The first-order chi connectivity index (χ1) is 14.5. The summed E-state index contributed by atoms with van der Waals surface area (Å²) in [5.41, 5.74) is 2.14. The topological polar surface area (TPSA) is 90.6 Å². The number of hydrogen-bond acceptors (Lipinski definition) is 5. The molecule has 8 heteroatoms. The summed E-state index contributed by atoms with van der Waals surface area (Å²) in [6.45, 7) is 2.53. The maximum absolute atomic E-state index is 12.6. The van der Waals surface area contributed by atoms with Gasteiger partial charge in [0.15, 0.2) is 0 Å². The summed E-state index contributed by atoms with van der Waals surface area (Å²) in [6.07, 6.45) is 0.0136. The van der Waals surface area contributed by atoms with Gasteiger partial charge in [0, 0.05) is 13.1 Å². The van der Waals surface area contributed by atoms with Crippen LogP contribution in [-0.2, 0) is 22.6 Å². The van der Waals surface area contributed by atoms with Crippen LogP contribution in [0.15, 0.2) is 53.3 Å². The minimum atomic E-state index is -0.494. The predicted molar refractivity (Wildman–Crippen MR) is 109 cm³/mol. The van der Waals surface area contributed by atoms with Gasteiger partial charge in [-0.05, 0) is 31.2 Å². The van der Waals surface area contributed by atoms with Gasteiger partial charge in [0.25, 0.3) is 11.8 Å². The lowest BCUT2D eigenvalue weighted by molar-refractivity contribution is -0.144. The second kappa shape index (κ2) is 7.98. The van der Waals surface area contributed by atoms with Crippen molar-refractivity contribution in [2.24, 2.45) is 0 Å². The van der Waals surface area contributed by atoms with Gasteiger partial charge < -0.3 is 4.74 Å². The Labute approximate surface area is 172 Å². The van der Waals surface area contributed by atoms with E-state index in [9.17, 15) is 19.2 Å². The Kier molecular flexibility index (Phi) is 5.22. The van der Waals surface area contributed by atoms with Crippen molar-refractivity contribution in [1.82, 2.24) is 14.0 Å². The van der Waals surface area contributed by atoms with Crippen molar-refractivity contribution in [2.45, 2.75) is 26.4 Å². The molecule has 1 aliphatic heterocycles. The molecule has 4 rings (SSSR count). The molecule has 154 valence electrons. The van der Waals surface area contributed by atoms with Crippen LogP contribution in [0.2, 0.25) is 0 Å². The monoisotopic (exact) mass is 407 g/mol. The number of para-hydroxylation sites is 2. The van der Waals surface area contributed by atoms with Gasteiger partial charge in [0.05, 0.1) is 35.1 Å². The number of fused-ring (bicyclic) bond motifs is 2. The van der Waals surface area contributed by atoms with E-state index in [1.807, 2.05) is 31.2 Å². The fourth-order valence-electron chi connectivity index (χ4n) is 3.76. The third kappa shape index (κ3) is 3.30. The van der Waals surface area contributed by atoms with Crippen LogP contribution < -0.4 is 5.69 Å². The Morgan fingerprint density at radius 1 is 0.833 bits per heavy atom. The predicted octanol–water partition coefficient (Wildman–Crippen LogP) is 2.05. The van der Waals surface area contributed by atoms with Gasteiger partial charge in [-0.15, -0.1) is 0 Å². The van der Waals surface area contributed by atoms with Crippen molar-refractivity contribution in [1.29, 1.82) is 0 Å². The number of imide groups is 1. The minimum absolute atomic E-state index is 0.00677. The molecule has 0 spiro atoms. The van der Waals surface area contributed by atoms with E-state index in [4.69, 9.17) is 4.74 Å².